The first-order chi connectivity index (χ1) is 5.35. The standard InChI is InChI=1S/C9H17NO/c1-3-5-6-7-8-9(4-2)10-11/h3,11H,1,4-8H2,2H3/b10-9-. The van der Waals surface area contributed by atoms with Crippen LogP contribution in [0.2, 0.25) is 0 Å². The molecule has 11 heavy (non-hydrogen) atoms. The molecule has 0 unspecified atom stereocenters. The molecule has 0 fully saturated rings. The van der Waals surface area contributed by atoms with E-state index in [0.29, 0.717) is 0 Å². The molecule has 0 saturated heterocycles. The Labute approximate surface area is 68.6 Å². The first-order valence-corrected chi connectivity index (χ1v) is 4.15. The van der Waals surface area contributed by atoms with Crippen LogP contribution < -0.4 is 0 Å². The SMILES string of the molecule is C=CCCCC/C(CC)=N\O. The van der Waals surface area contributed by atoms with Gasteiger partial charge in [-0.25, -0.2) is 0 Å². The number of hydrogen-bond donors (Lipinski definition) is 1. The Morgan fingerprint density at radius 1 is 1.55 bits per heavy atom. The van der Waals surface area contributed by atoms with Gasteiger partial charge in [-0.05, 0) is 32.1 Å². The van der Waals surface area contributed by atoms with E-state index in [1.54, 1.807) is 0 Å². The first-order valence-electron chi connectivity index (χ1n) is 4.15. The van der Waals surface area contributed by atoms with Crippen molar-refractivity contribution in [2.75, 3.05) is 0 Å². The Morgan fingerprint density at radius 2 is 2.27 bits per heavy atom. The predicted octanol–water partition coefficient (Wildman–Crippen LogP) is 2.97. The molecule has 2 nitrogen and oxygen atoms in total. The highest BCUT2D eigenvalue weighted by molar-refractivity contribution is 5.83. The zero-order valence-corrected chi connectivity index (χ0v) is 7.21. The Kier molecular flexibility index (Phi) is 6.79. The lowest BCUT2D eigenvalue weighted by molar-refractivity contribution is 0.316. The molecule has 0 atom stereocenters. The maximum absolute atomic E-state index is 8.45. The van der Waals surface area contributed by atoms with Crippen molar-refractivity contribution >= 4 is 5.71 Å². The Hall–Kier alpha value is -0.790. The van der Waals surface area contributed by atoms with E-state index < -0.39 is 0 Å². The van der Waals surface area contributed by atoms with Crippen LogP contribution in [0.5, 0.6) is 0 Å². The lowest BCUT2D eigenvalue weighted by Gasteiger charge is -1.98. The molecule has 0 bridgehead atoms. The number of unbranched alkanes of at least 4 members (excludes halogenated alkanes) is 2. The van der Waals surface area contributed by atoms with Crippen LogP contribution in [0.3, 0.4) is 0 Å². The van der Waals surface area contributed by atoms with Gasteiger partial charge in [-0.2, -0.15) is 0 Å². The van der Waals surface area contributed by atoms with Crippen LogP contribution in [-0.2, 0) is 0 Å². The van der Waals surface area contributed by atoms with E-state index in [1.165, 1.54) is 0 Å². The topological polar surface area (TPSA) is 32.6 Å². The van der Waals surface area contributed by atoms with Crippen LogP contribution in [0.25, 0.3) is 0 Å². The second-order valence-corrected chi connectivity index (χ2v) is 2.55. The maximum Gasteiger partial charge on any atom is 0.0568 e. The Balaban J connectivity index is 3.29. The molecule has 0 aromatic heterocycles. The van der Waals surface area contributed by atoms with Crippen molar-refractivity contribution in [3.63, 3.8) is 0 Å². The normalized spacial score (nSPS) is 11.5. The summed E-state index contributed by atoms with van der Waals surface area (Å²) in [5.74, 6) is 0. The smallest absolute Gasteiger partial charge is 0.0568 e. The van der Waals surface area contributed by atoms with Crippen molar-refractivity contribution in [2.24, 2.45) is 5.16 Å². The first kappa shape index (κ1) is 10.2. The molecule has 0 heterocycles. The zero-order chi connectivity index (χ0) is 8.53. The lowest BCUT2D eigenvalue weighted by atomic mass is 10.1. The molecule has 0 amide bonds. The van der Waals surface area contributed by atoms with E-state index in [0.717, 1.165) is 37.8 Å². The monoisotopic (exact) mass is 155 g/mol. The minimum atomic E-state index is 0.852. The third-order valence-electron chi connectivity index (χ3n) is 1.67. The number of hydrogen-bond acceptors (Lipinski definition) is 2. The van der Waals surface area contributed by atoms with Gasteiger partial charge in [0.25, 0.3) is 0 Å². The van der Waals surface area contributed by atoms with E-state index in [1.807, 2.05) is 13.0 Å². The van der Waals surface area contributed by atoms with Gasteiger partial charge < -0.3 is 5.21 Å². The molecular weight excluding hydrogens is 138 g/mol. The minimum absolute atomic E-state index is 0.852. The Bertz CT molecular complexity index is 130. The molecule has 0 aliphatic carbocycles. The van der Waals surface area contributed by atoms with Crippen LogP contribution in [0, 0.1) is 0 Å². The lowest BCUT2D eigenvalue weighted by Crippen LogP contribution is -1.95. The molecule has 1 N–H and O–H groups in total. The van der Waals surface area contributed by atoms with Crippen LogP contribution in [0.4, 0.5) is 0 Å². The van der Waals surface area contributed by atoms with Gasteiger partial charge >= 0.3 is 0 Å². The molecule has 0 saturated carbocycles. The van der Waals surface area contributed by atoms with Gasteiger partial charge in [0.05, 0.1) is 5.71 Å². The quantitative estimate of drug-likeness (QED) is 0.206. The molecule has 0 aliphatic heterocycles. The number of allylic oxidation sites excluding steroid dienone is 1. The van der Waals surface area contributed by atoms with Crippen molar-refractivity contribution in [3.05, 3.63) is 12.7 Å². The number of rotatable bonds is 6. The average molecular weight is 155 g/mol. The fourth-order valence-corrected chi connectivity index (χ4v) is 0.915. The van der Waals surface area contributed by atoms with Crippen LogP contribution in [0.1, 0.15) is 39.0 Å². The van der Waals surface area contributed by atoms with E-state index in [9.17, 15) is 0 Å². The van der Waals surface area contributed by atoms with Crippen molar-refractivity contribution in [1.82, 2.24) is 0 Å². The van der Waals surface area contributed by atoms with Crippen LogP contribution in [0.15, 0.2) is 17.8 Å². The molecule has 0 spiro atoms. The fraction of sp³-hybridized carbons (Fsp3) is 0.667. The largest absolute Gasteiger partial charge is 0.411 e. The molecule has 0 aromatic carbocycles. The summed E-state index contributed by atoms with van der Waals surface area (Å²) in [4.78, 5) is 0. The van der Waals surface area contributed by atoms with Crippen molar-refractivity contribution in [2.45, 2.75) is 39.0 Å². The van der Waals surface area contributed by atoms with E-state index >= 15 is 0 Å². The summed E-state index contributed by atoms with van der Waals surface area (Å²) in [5, 5.41) is 11.6. The third-order valence-corrected chi connectivity index (χ3v) is 1.67. The van der Waals surface area contributed by atoms with Crippen molar-refractivity contribution in [1.29, 1.82) is 0 Å². The van der Waals surface area contributed by atoms with Gasteiger partial charge in [-0.1, -0.05) is 18.2 Å². The van der Waals surface area contributed by atoms with Crippen molar-refractivity contribution < 1.29 is 5.21 Å². The Morgan fingerprint density at radius 3 is 2.73 bits per heavy atom. The summed E-state index contributed by atoms with van der Waals surface area (Å²) in [6.45, 7) is 5.64. The van der Waals surface area contributed by atoms with E-state index in [-0.39, 0.29) is 0 Å². The third kappa shape index (κ3) is 5.64. The molecule has 0 radical (unpaired) electrons. The van der Waals surface area contributed by atoms with E-state index in [4.69, 9.17) is 5.21 Å². The fourth-order valence-electron chi connectivity index (χ4n) is 0.915. The molecule has 0 rings (SSSR count). The van der Waals surface area contributed by atoms with Gasteiger partial charge in [-0.15, -0.1) is 6.58 Å². The highest BCUT2D eigenvalue weighted by Gasteiger charge is 1.95. The summed E-state index contributed by atoms with van der Waals surface area (Å²) in [5.41, 5.74) is 0.897. The summed E-state index contributed by atoms with van der Waals surface area (Å²) < 4.78 is 0. The van der Waals surface area contributed by atoms with Crippen LogP contribution >= 0.6 is 0 Å². The van der Waals surface area contributed by atoms with Gasteiger partial charge in [0.2, 0.25) is 0 Å². The van der Waals surface area contributed by atoms with Gasteiger partial charge in [0, 0.05) is 0 Å². The average Bonchev–Trinajstić information content (AvgIpc) is 2.05. The zero-order valence-electron chi connectivity index (χ0n) is 7.21. The number of oxime groups is 1. The van der Waals surface area contributed by atoms with E-state index in [2.05, 4.69) is 11.7 Å². The highest BCUT2D eigenvalue weighted by atomic mass is 16.4. The van der Waals surface area contributed by atoms with Gasteiger partial charge in [0.15, 0.2) is 0 Å². The second-order valence-electron chi connectivity index (χ2n) is 2.55. The van der Waals surface area contributed by atoms with Crippen LogP contribution in [-0.4, -0.2) is 10.9 Å². The van der Waals surface area contributed by atoms with Crippen molar-refractivity contribution in [3.8, 4) is 0 Å². The van der Waals surface area contributed by atoms with Gasteiger partial charge in [-0.3, -0.25) is 0 Å². The molecule has 64 valence electrons. The van der Waals surface area contributed by atoms with Gasteiger partial charge in [0.1, 0.15) is 0 Å². The summed E-state index contributed by atoms with van der Waals surface area (Å²) in [6.07, 6.45) is 6.98. The summed E-state index contributed by atoms with van der Waals surface area (Å²) >= 11 is 0. The second kappa shape index (κ2) is 7.32. The molecule has 0 aromatic rings. The maximum atomic E-state index is 8.45. The molecule has 2 heteroatoms. The number of nitrogens with zero attached hydrogens (tertiary/aromatic N) is 1. The summed E-state index contributed by atoms with van der Waals surface area (Å²) in [7, 11) is 0. The molecular formula is C9H17NO. The molecule has 0 aliphatic rings. The highest BCUT2D eigenvalue weighted by Crippen LogP contribution is 2.03. The minimum Gasteiger partial charge on any atom is -0.411 e. The predicted molar refractivity (Wildman–Crippen MR) is 48.2 cm³/mol. The summed E-state index contributed by atoms with van der Waals surface area (Å²) in [6, 6.07) is 0.